The lowest BCUT2D eigenvalue weighted by Gasteiger charge is -2.29. The van der Waals surface area contributed by atoms with Crippen LogP contribution in [0.1, 0.15) is 30.4 Å². The van der Waals surface area contributed by atoms with E-state index in [9.17, 15) is 14.0 Å². The van der Waals surface area contributed by atoms with Crippen LogP contribution in [0, 0.1) is 11.7 Å². The quantitative estimate of drug-likeness (QED) is 0.540. The molecule has 2 aromatic carbocycles. The van der Waals surface area contributed by atoms with Crippen LogP contribution in [0.4, 0.5) is 4.39 Å². The summed E-state index contributed by atoms with van der Waals surface area (Å²) in [4.78, 5) is 25.4. The van der Waals surface area contributed by atoms with Gasteiger partial charge in [0, 0.05) is 5.92 Å². The van der Waals surface area contributed by atoms with Crippen LogP contribution < -0.4 is 9.47 Å². The van der Waals surface area contributed by atoms with Gasteiger partial charge < -0.3 is 14.2 Å². The summed E-state index contributed by atoms with van der Waals surface area (Å²) < 4.78 is 30.3. The van der Waals surface area contributed by atoms with Crippen LogP contribution in [0.3, 0.4) is 0 Å². The van der Waals surface area contributed by atoms with E-state index in [1.54, 1.807) is 44.4 Å². The van der Waals surface area contributed by atoms with Crippen molar-refractivity contribution < 1.29 is 28.2 Å². The van der Waals surface area contributed by atoms with Gasteiger partial charge in [-0.3, -0.25) is 9.59 Å². The van der Waals surface area contributed by atoms with Gasteiger partial charge in [0.05, 0.1) is 20.8 Å². The molecule has 0 unspecified atom stereocenters. The van der Waals surface area contributed by atoms with Crippen LogP contribution in [0.15, 0.2) is 48.5 Å². The van der Waals surface area contributed by atoms with Gasteiger partial charge in [-0.1, -0.05) is 24.3 Å². The molecule has 0 N–H and O–H groups in total. The number of allylic oxidation sites excluding steroid dienone is 2. The van der Waals surface area contributed by atoms with Gasteiger partial charge in [-0.2, -0.15) is 0 Å². The van der Waals surface area contributed by atoms with Crippen molar-refractivity contribution in [3.63, 3.8) is 0 Å². The molecule has 0 saturated heterocycles. The van der Waals surface area contributed by atoms with Gasteiger partial charge in [-0.25, -0.2) is 4.39 Å². The molecule has 1 aliphatic carbocycles. The third-order valence-electron chi connectivity index (χ3n) is 5.06. The zero-order chi connectivity index (χ0) is 21.0. The molecule has 5 nitrogen and oxygen atoms in total. The third kappa shape index (κ3) is 4.16. The highest BCUT2D eigenvalue weighted by Crippen LogP contribution is 2.42. The Morgan fingerprint density at radius 2 is 1.83 bits per heavy atom. The number of ether oxygens (including phenoxy) is 3. The number of rotatable bonds is 6. The van der Waals surface area contributed by atoms with E-state index in [2.05, 4.69) is 0 Å². The summed E-state index contributed by atoms with van der Waals surface area (Å²) in [5.74, 6) is -2.12. The first-order chi connectivity index (χ1) is 14.0. The molecule has 1 aliphatic rings. The summed E-state index contributed by atoms with van der Waals surface area (Å²) in [7, 11) is 3.07. The molecule has 29 heavy (non-hydrogen) atoms. The molecule has 0 heterocycles. The number of halogens is 1. The molecular formula is C23H23FO5. The first-order valence-corrected chi connectivity index (χ1v) is 9.38. The lowest BCUT2D eigenvalue weighted by molar-refractivity contribution is -0.151. The van der Waals surface area contributed by atoms with E-state index in [-0.39, 0.29) is 6.61 Å². The largest absolute Gasteiger partial charge is 0.493 e. The van der Waals surface area contributed by atoms with Crippen LogP contribution in [0.5, 0.6) is 11.5 Å². The molecule has 6 heteroatoms. The molecule has 0 spiro atoms. The predicted molar refractivity (Wildman–Crippen MR) is 106 cm³/mol. The summed E-state index contributed by atoms with van der Waals surface area (Å²) >= 11 is 0. The van der Waals surface area contributed by atoms with Crippen molar-refractivity contribution >= 4 is 17.3 Å². The minimum Gasteiger partial charge on any atom is -0.493 e. The number of ketones is 1. The van der Waals surface area contributed by atoms with E-state index < -0.39 is 29.4 Å². The van der Waals surface area contributed by atoms with Gasteiger partial charge in [0.2, 0.25) is 0 Å². The lowest BCUT2D eigenvalue weighted by atomic mass is 9.73. The zero-order valence-electron chi connectivity index (χ0n) is 16.6. The maximum Gasteiger partial charge on any atom is 0.317 e. The second-order valence-corrected chi connectivity index (χ2v) is 6.70. The van der Waals surface area contributed by atoms with E-state index in [0.717, 1.165) is 5.56 Å². The Hall–Kier alpha value is -3.15. The van der Waals surface area contributed by atoms with Crippen molar-refractivity contribution in [1.29, 1.82) is 0 Å². The summed E-state index contributed by atoms with van der Waals surface area (Å²) in [5, 5.41) is 0. The van der Waals surface area contributed by atoms with Gasteiger partial charge >= 0.3 is 5.97 Å². The molecule has 0 fully saturated rings. The topological polar surface area (TPSA) is 61.8 Å². The third-order valence-corrected chi connectivity index (χ3v) is 5.06. The monoisotopic (exact) mass is 398 g/mol. The first-order valence-electron chi connectivity index (χ1n) is 9.38. The normalized spacial score (nSPS) is 18.8. The van der Waals surface area contributed by atoms with Gasteiger partial charge in [0.15, 0.2) is 17.3 Å². The molecule has 2 aromatic rings. The number of hydrogen-bond acceptors (Lipinski definition) is 5. The minimum absolute atomic E-state index is 0.152. The molecule has 2 atom stereocenters. The average Bonchev–Trinajstić information content (AvgIpc) is 2.73. The van der Waals surface area contributed by atoms with E-state index in [4.69, 9.17) is 14.2 Å². The summed E-state index contributed by atoms with van der Waals surface area (Å²) in [6, 6.07) is 11.5. The van der Waals surface area contributed by atoms with Crippen molar-refractivity contribution in [3.8, 4) is 11.5 Å². The van der Waals surface area contributed by atoms with Gasteiger partial charge in [0.25, 0.3) is 0 Å². The minimum atomic E-state index is -1.07. The van der Waals surface area contributed by atoms with Crippen LogP contribution in [0.25, 0.3) is 5.57 Å². The van der Waals surface area contributed by atoms with Crippen molar-refractivity contribution in [2.24, 2.45) is 5.92 Å². The number of methoxy groups -OCH3 is 2. The fraction of sp³-hybridized carbons (Fsp3) is 0.304. The second-order valence-electron chi connectivity index (χ2n) is 6.70. The highest BCUT2D eigenvalue weighted by molar-refractivity contribution is 6.10. The maximum absolute atomic E-state index is 14.6. The molecular weight excluding hydrogens is 375 g/mol. The number of hydrogen-bond donors (Lipinski definition) is 0. The Morgan fingerprint density at radius 1 is 1.10 bits per heavy atom. The summed E-state index contributed by atoms with van der Waals surface area (Å²) in [5.41, 5.74) is 1.77. The molecule has 0 radical (unpaired) electrons. The van der Waals surface area contributed by atoms with Crippen LogP contribution in [0.2, 0.25) is 0 Å². The molecule has 0 aromatic heterocycles. The second kappa shape index (κ2) is 8.90. The zero-order valence-corrected chi connectivity index (χ0v) is 16.6. The number of carbonyl (C=O) groups is 2. The van der Waals surface area contributed by atoms with E-state index >= 15 is 0 Å². The van der Waals surface area contributed by atoms with Gasteiger partial charge in [-0.05, 0) is 54.3 Å². The van der Waals surface area contributed by atoms with Crippen molar-refractivity contribution in [2.45, 2.75) is 19.3 Å². The molecule has 0 amide bonds. The smallest absolute Gasteiger partial charge is 0.317 e. The predicted octanol–water partition coefficient (Wildman–Crippen LogP) is 4.16. The summed E-state index contributed by atoms with van der Waals surface area (Å²) in [6.07, 6.45) is 1.76. The van der Waals surface area contributed by atoms with Crippen molar-refractivity contribution in [1.82, 2.24) is 0 Å². The van der Waals surface area contributed by atoms with Gasteiger partial charge in [0.1, 0.15) is 11.7 Å². The van der Waals surface area contributed by atoms with E-state index in [1.165, 1.54) is 19.3 Å². The Morgan fingerprint density at radius 3 is 2.48 bits per heavy atom. The highest BCUT2D eigenvalue weighted by atomic mass is 19.1. The number of carbonyl (C=O) groups excluding carboxylic acids is 2. The van der Waals surface area contributed by atoms with E-state index in [1.807, 2.05) is 6.07 Å². The summed E-state index contributed by atoms with van der Waals surface area (Å²) in [6.45, 7) is 1.83. The van der Waals surface area contributed by atoms with Crippen molar-refractivity contribution in [3.05, 3.63) is 65.5 Å². The lowest BCUT2D eigenvalue weighted by Crippen LogP contribution is -2.34. The Kier molecular flexibility index (Phi) is 6.32. The van der Waals surface area contributed by atoms with Gasteiger partial charge in [-0.15, -0.1) is 0 Å². The maximum atomic E-state index is 14.6. The molecule has 0 saturated carbocycles. The Bertz CT molecular complexity index is 950. The molecule has 0 bridgehead atoms. The fourth-order valence-corrected chi connectivity index (χ4v) is 3.69. The number of esters is 1. The fourth-order valence-electron chi connectivity index (χ4n) is 3.69. The standard InChI is InChI=1S/C23H23FO5/c1-4-29-23(26)22-17(16-7-5-6-8-18(16)24)11-15(12-19(22)25)14-9-10-20(27-2)21(13-14)28-3/h5-10,12-13,17,22H,4,11H2,1-3H3/t17-,22-/m1/s1. The Balaban J connectivity index is 2.06. The van der Waals surface area contributed by atoms with E-state index in [0.29, 0.717) is 29.1 Å². The first kappa shape index (κ1) is 20.6. The van der Waals surface area contributed by atoms with Crippen LogP contribution in [-0.2, 0) is 14.3 Å². The average molecular weight is 398 g/mol. The molecule has 3 rings (SSSR count). The SMILES string of the molecule is CCOC(=O)[C@H]1C(=O)C=C(c2ccc(OC)c(OC)c2)C[C@@H]1c1ccccc1F. The van der Waals surface area contributed by atoms with Crippen LogP contribution in [-0.4, -0.2) is 32.6 Å². The molecule has 152 valence electrons. The molecule has 0 aliphatic heterocycles. The van der Waals surface area contributed by atoms with Crippen molar-refractivity contribution in [2.75, 3.05) is 20.8 Å². The van der Waals surface area contributed by atoms with Crippen LogP contribution >= 0.6 is 0 Å². The highest BCUT2D eigenvalue weighted by Gasteiger charge is 2.40. The number of benzene rings is 2. The Labute approximate surface area is 169 Å².